The second kappa shape index (κ2) is 8.67. The Morgan fingerprint density at radius 1 is 1.07 bits per heavy atom. The highest BCUT2D eigenvalue weighted by Crippen LogP contribution is 2.36. The maximum atomic E-state index is 13.5. The van der Waals surface area contributed by atoms with E-state index in [2.05, 4.69) is 4.98 Å². The predicted molar refractivity (Wildman–Crippen MR) is 117 cm³/mol. The van der Waals surface area contributed by atoms with Crippen LogP contribution in [-0.4, -0.2) is 22.8 Å². The lowest BCUT2D eigenvalue weighted by atomic mass is 10.1. The van der Waals surface area contributed by atoms with Gasteiger partial charge in [0.1, 0.15) is 10.5 Å². The van der Waals surface area contributed by atoms with Crippen molar-refractivity contribution in [3.63, 3.8) is 0 Å². The zero-order valence-corrected chi connectivity index (χ0v) is 17.5. The van der Waals surface area contributed by atoms with Crippen molar-refractivity contribution in [2.45, 2.75) is 20.4 Å². The fourth-order valence-corrected chi connectivity index (χ4v) is 4.29. The van der Waals surface area contributed by atoms with Crippen LogP contribution in [0.2, 0.25) is 0 Å². The van der Waals surface area contributed by atoms with Crippen LogP contribution >= 0.6 is 11.3 Å². The Morgan fingerprint density at radius 2 is 1.87 bits per heavy atom. The number of fused-ring (bicyclic) bond motifs is 1. The molecule has 4 rings (SSSR count). The van der Waals surface area contributed by atoms with Crippen molar-refractivity contribution in [3.05, 3.63) is 75.9 Å². The topological polar surface area (TPSA) is 53.4 Å². The van der Waals surface area contributed by atoms with E-state index >= 15 is 0 Å². The lowest BCUT2D eigenvalue weighted by Crippen LogP contribution is -2.20. The van der Waals surface area contributed by atoms with E-state index in [0.29, 0.717) is 40.5 Å². The van der Waals surface area contributed by atoms with Crippen molar-refractivity contribution in [1.29, 1.82) is 0 Å². The summed E-state index contributed by atoms with van der Waals surface area (Å²) in [7, 11) is 0. The zero-order valence-electron chi connectivity index (χ0n) is 16.7. The van der Waals surface area contributed by atoms with E-state index in [9.17, 15) is 9.18 Å². The molecule has 0 aliphatic rings. The second-order valence-corrected chi connectivity index (χ2v) is 7.54. The van der Waals surface area contributed by atoms with Crippen molar-refractivity contribution in [2.75, 3.05) is 13.2 Å². The number of thiophene rings is 1. The molecule has 2 aromatic heterocycles. The minimum absolute atomic E-state index is 0.142. The first-order valence-electron chi connectivity index (χ1n) is 9.71. The van der Waals surface area contributed by atoms with Crippen LogP contribution in [0, 0.1) is 5.82 Å². The van der Waals surface area contributed by atoms with Gasteiger partial charge < -0.3 is 9.47 Å². The Balaban J connectivity index is 1.73. The van der Waals surface area contributed by atoms with Gasteiger partial charge in [0.25, 0.3) is 5.56 Å². The Morgan fingerprint density at radius 3 is 2.63 bits per heavy atom. The van der Waals surface area contributed by atoms with Gasteiger partial charge >= 0.3 is 0 Å². The molecule has 154 valence electrons. The standard InChI is InChI=1S/C23H21FN2O3S/c1-3-28-19-9-8-16(11-20(19)29-4-2)18-13-30-22-21(18)25-14-26(23(22)27)12-15-6-5-7-17(24)10-15/h5-11,13-14H,3-4,12H2,1-2H3. The fourth-order valence-electron chi connectivity index (χ4n) is 3.31. The van der Waals surface area contributed by atoms with Crippen LogP contribution in [0.25, 0.3) is 21.3 Å². The summed E-state index contributed by atoms with van der Waals surface area (Å²) in [6.45, 7) is 5.19. The molecule has 0 fully saturated rings. The van der Waals surface area contributed by atoms with Gasteiger partial charge in [-0.25, -0.2) is 9.37 Å². The molecule has 0 amide bonds. The third-order valence-corrected chi connectivity index (χ3v) is 5.60. The quantitative estimate of drug-likeness (QED) is 0.414. The Bertz CT molecular complexity index is 1250. The van der Waals surface area contributed by atoms with Gasteiger partial charge in [0.05, 0.1) is 31.6 Å². The van der Waals surface area contributed by atoms with E-state index in [1.807, 2.05) is 37.4 Å². The van der Waals surface area contributed by atoms with Gasteiger partial charge in [0.2, 0.25) is 0 Å². The Labute approximate surface area is 177 Å². The Hall–Kier alpha value is -3.19. The average molecular weight is 424 g/mol. The van der Waals surface area contributed by atoms with E-state index in [1.165, 1.54) is 34.4 Å². The summed E-state index contributed by atoms with van der Waals surface area (Å²) in [5, 5.41) is 1.93. The predicted octanol–water partition coefficient (Wildman–Crippen LogP) is 5.11. The van der Waals surface area contributed by atoms with Crippen LogP contribution in [0.4, 0.5) is 4.39 Å². The molecule has 2 aromatic carbocycles. The van der Waals surface area contributed by atoms with Gasteiger partial charge in [-0.3, -0.25) is 9.36 Å². The number of halogens is 1. The number of hydrogen-bond donors (Lipinski definition) is 0. The first-order valence-corrected chi connectivity index (χ1v) is 10.6. The van der Waals surface area contributed by atoms with E-state index in [1.54, 1.807) is 12.1 Å². The molecule has 0 atom stereocenters. The maximum absolute atomic E-state index is 13.5. The third-order valence-electron chi connectivity index (χ3n) is 4.64. The molecule has 0 aliphatic heterocycles. The van der Waals surface area contributed by atoms with Crippen molar-refractivity contribution < 1.29 is 13.9 Å². The maximum Gasteiger partial charge on any atom is 0.271 e. The highest BCUT2D eigenvalue weighted by atomic mass is 32.1. The molecular weight excluding hydrogens is 403 g/mol. The number of nitrogens with zero attached hydrogens (tertiary/aromatic N) is 2. The van der Waals surface area contributed by atoms with Gasteiger partial charge in [0, 0.05) is 10.9 Å². The normalized spacial score (nSPS) is 11.0. The Kier molecular flexibility index (Phi) is 5.81. The largest absolute Gasteiger partial charge is 0.490 e. The number of rotatable bonds is 7. The second-order valence-electron chi connectivity index (χ2n) is 6.66. The minimum Gasteiger partial charge on any atom is -0.490 e. The molecule has 5 nitrogen and oxygen atoms in total. The summed E-state index contributed by atoms with van der Waals surface area (Å²) in [6, 6.07) is 11.9. The van der Waals surface area contributed by atoms with Crippen molar-refractivity contribution >= 4 is 21.6 Å². The summed E-state index contributed by atoms with van der Waals surface area (Å²) in [4.78, 5) is 17.5. The van der Waals surface area contributed by atoms with Crippen LogP contribution in [-0.2, 0) is 6.54 Å². The van der Waals surface area contributed by atoms with E-state index in [0.717, 1.165) is 11.1 Å². The minimum atomic E-state index is -0.325. The molecule has 0 saturated heterocycles. The third kappa shape index (κ3) is 3.93. The van der Waals surface area contributed by atoms with Gasteiger partial charge in [-0.1, -0.05) is 18.2 Å². The average Bonchev–Trinajstić information content (AvgIpc) is 3.17. The highest BCUT2D eigenvalue weighted by molar-refractivity contribution is 7.17. The molecule has 0 N–H and O–H groups in total. The van der Waals surface area contributed by atoms with Crippen LogP contribution in [0.5, 0.6) is 11.5 Å². The smallest absolute Gasteiger partial charge is 0.271 e. The molecule has 0 radical (unpaired) electrons. The van der Waals surface area contributed by atoms with Crippen LogP contribution in [0.15, 0.2) is 59.0 Å². The summed E-state index contributed by atoms with van der Waals surface area (Å²) in [5.74, 6) is 1.03. The summed E-state index contributed by atoms with van der Waals surface area (Å²) < 4.78 is 26.9. The first-order chi connectivity index (χ1) is 14.6. The summed E-state index contributed by atoms with van der Waals surface area (Å²) in [6.07, 6.45) is 1.52. The first kappa shape index (κ1) is 20.1. The SMILES string of the molecule is CCOc1ccc(-c2csc3c(=O)n(Cc4cccc(F)c4)cnc23)cc1OCC. The molecule has 0 saturated carbocycles. The number of ether oxygens (including phenoxy) is 2. The lowest BCUT2D eigenvalue weighted by Gasteiger charge is -2.12. The van der Waals surface area contributed by atoms with Crippen molar-refractivity contribution in [1.82, 2.24) is 9.55 Å². The van der Waals surface area contributed by atoms with Gasteiger partial charge in [-0.2, -0.15) is 0 Å². The van der Waals surface area contributed by atoms with E-state index in [-0.39, 0.29) is 17.9 Å². The lowest BCUT2D eigenvalue weighted by molar-refractivity contribution is 0.288. The van der Waals surface area contributed by atoms with Gasteiger partial charge in [-0.05, 0) is 49.2 Å². The molecule has 0 bridgehead atoms. The van der Waals surface area contributed by atoms with E-state index < -0.39 is 0 Å². The number of aromatic nitrogens is 2. The summed E-state index contributed by atoms with van der Waals surface area (Å²) >= 11 is 1.35. The van der Waals surface area contributed by atoms with Crippen LogP contribution < -0.4 is 15.0 Å². The molecular formula is C23H21FN2O3S. The molecule has 0 aliphatic carbocycles. The fraction of sp³-hybridized carbons (Fsp3) is 0.217. The molecule has 4 aromatic rings. The van der Waals surface area contributed by atoms with Gasteiger partial charge in [-0.15, -0.1) is 11.3 Å². The summed E-state index contributed by atoms with van der Waals surface area (Å²) in [5.41, 5.74) is 2.99. The molecule has 2 heterocycles. The molecule has 0 spiro atoms. The van der Waals surface area contributed by atoms with Crippen LogP contribution in [0.3, 0.4) is 0 Å². The number of benzene rings is 2. The molecule has 7 heteroatoms. The molecule has 30 heavy (non-hydrogen) atoms. The van der Waals surface area contributed by atoms with E-state index in [4.69, 9.17) is 9.47 Å². The van der Waals surface area contributed by atoms with Crippen molar-refractivity contribution in [2.24, 2.45) is 0 Å². The highest BCUT2D eigenvalue weighted by Gasteiger charge is 2.15. The zero-order chi connectivity index (χ0) is 21.1. The molecule has 0 unspecified atom stereocenters. The van der Waals surface area contributed by atoms with Crippen LogP contribution in [0.1, 0.15) is 19.4 Å². The monoisotopic (exact) mass is 424 g/mol. The number of hydrogen-bond acceptors (Lipinski definition) is 5. The van der Waals surface area contributed by atoms with Gasteiger partial charge in [0.15, 0.2) is 11.5 Å². The van der Waals surface area contributed by atoms with Crippen molar-refractivity contribution in [3.8, 4) is 22.6 Å².